The molecule has 2 fully saturated rings. The fourth-order valence-corrected chi connectivity index (χ4v) is 5.48. The Labute approximate surface area is 177 Å². The predicted octanol–water partition coefficient (Wildman–Crippen LogP) is 2.97. The van der Waals surface area contributed by atoms with Gasteiger partial charge in [-0.15, -0.1) is 11.3 Å². The van der Waals surface area contributed by atoms with Crippen LogP contribution in [0.25, 0.3) is 11.3 Å². The number of hydrogen-bond acceptors (Lipinski definition) is 3. The summed E-state index contributed by atoms with van der Waals surface area (Å²) < 4.78 is 7.90. The number of benzene rings is 1. The van der Waals surface area contributed by atoms with Crippen LogP contribution in [0.1, 0.15) is 70.3 Å². The smallest absolute Gasteiger partial charge is 0.185 e. The molecule has 0 bridgehead atoms. The Kier molecular flexibility index (Phi) is 7.59. The van der Waals surface area contributed by atoms with E-state index in [0.717, 1.165) is 5.75 Å². The van der Waals surface area contributed by atoms with Crippen molar-refractivity contribution < 1.29 is 21.7 Å². The molecule has 3 nitrogen and oxygen atoms in total. The average Bonchev–Trinajstić information content (AvgIpc) is 3.13. The fraction of sp³-hybridized carbons (Fsp3) is 0.591. The molecule has 1 heterocycles. The molecule has 0 N–H and O–H groups in total. The van der Waals surface area contributed by atoms with Crippen molar-refractivity contribution in [2.75, 3.05) is 7.11 Å². The molecule has 0 radical (unpaired) electrons. The van der Waals surface area contributed by atoms with Gasteiger partial charge in [-0.3, -0.25) is 4.99 Å². The highest BCUT2D eigenvalue weighted by Crippen LogP contribution is 2.33. The lowest BCUT2D eigenvalue weighted by atomic mass is 9.94. The summed E-state index contributed by atoms with van der Waals surface area (Å²) in [6.07, 6.45) is 13.3. The molecule has 1 aromatic carbocycles. The molecular weight excluding hydrogens is 420 g/mol. The molecule has 0 spiro atoms. The van der Waals surface area contributed by atoms with Crippen LogP contribution >= 0.6 is 11.3 Å². The van der Waals surface area contributed by atoms with Gasteiger partial charge in [0.15, 0.2) is 4.80 Å². The lowest BCUT2D eigenvalue weighted by molar-refractivity contribution is -0.00000574. The first-order valence-electron chi connectivity index (χ1n) is 10.2. The summed E-state index contributed by atoms with van der Waals surface area (Å²) in [4.78, 5) is 6.47. The van der Waals surface area contributed by atoms with Crippen LogP contribution in [0.2, 0.25) is 0 Å². The van der Waals surface area contributed by atoms with E-state index in [9.17, 15) is 0 Å². The van der Waals surface area contributed by atoms with E-state index in [4.69, 9.17) is 9.73 Å². The number of rotatable bonds is 4. The van der Waals surface area contributed by atoms with Crippen LogP contribution in [0.4, 0.5) is 0 Å². The standard InChI is InChI=1S/C22H30N2OS.BrH/c1-25-20-14-12-17(13-15-20)21-16-26-22(23-18-8-4-2-5-9-18)24(21)19-10-6-3-7-11-19;/h12-16,18-19H,2-11H2,1H3;1H/p-1. The van der Waals surface area contributed by atoms with Crippen molar-refractivity contribution in [3.05, 3.63) is 34.4 Å². The van der Waals surface area contributed by atoms with Gasteiger partial charge in [0.1, 0.15) is 5.75 Å². The molecule has 0 unspecified atom stereocenters. The van der Waals surface area contributed by atoms with Gasteiger partial charge < -0.3 is 26.3 Å². The van der Waals surface area contributed by atoms with E-state index in [1.54, 1.807) is 7.11 Å². The van der Waals surface area contributed by atoms with Crippen LogP contribution in [0.3, 0.4) is 0 Å². The topological polar surface area (TPSA) is 26.5 Å². The van der Waals surface area contributed by atoms with Gasteiger partial charge in [0, 0.05) is 11.4 Å². The second kappa shape index (κ2) is 9.92. The van der Waals surface area contributed by atoms with E-state index >= 15 is 0 Å². The van der Waals surface area contributed by atoms with E-state index in [0.29, 0.717) is 12.1 Å². The Bertz CT molecular complexity index is 768. The quantitative estimate of drug-likeness (QED) is 0.704. The molecule has 4 rings (SSSR count). The van der Waals surface area contributed by atoms with Crippen molar-refractivity contribution in [3.63, 3.8) is 0 Å². The Morgan fingerprint density at radius 3 is 2.19 bits per heavy atom. The maximum Gasteiger partial charge on any atom is 0.185 e. The van der Waals surface area contributed by atoms with E-state index < -0.39 is 0 Å². The van der Waals surface area contributed by atoms with Crippen LogP contribution in [0, 0.1) is 0 Å². The van der Waals surface area contributed by atoms with Gasteiger partial charge >= 0.3 is 0 Å². The number of methoxy groups -OCH3 is 1. The molecule has 5 heteroatoms. The van der Waals surface area contributed by atoms with Crippen molar-refractivity contribution >= 4 is 11.3 Å². The summed E-state index contributed by atoms with van der Waals surface area (Å²) in [7, 11) is 1.73. The Hall–Kier alpha value is -1.07. The van der Waals surface area contributed by atoms with Crippen molar-refractivity contribution in [1.82, 2.24) is 4.57 Å². The minimum Gasteiger partial charge on any atom is -1.00 e. The zero-order valence-corrected chi connectivity index (χ0v) is 18.6. The summed E-state index contributed by atoms with van der Waals surface area (Å²) in [6.45, 7) is 0. The van der Waals surface area contributed by atoms with Crippen molar-refractivity contribution in [2.24, 2.45) is 4.99 Å². The van der Waals surface area contributed by atoms with Crippen molar-refractivity contribution in [2.45, 2.75) is 76.3 Å². The van der Waals surface area contributed by atoms with Gasteiger partial charge in [-0.05, 0) is 55.5 Å². The van der Waals surface area contributed by atoms with Crippen LogP contribution < -0.4 is 26.5 Å². The molecule has 2 saturated carbocycles. The van der Waals surface area contributed by atoms with Gasteiger partial charge in [0.25, 0.3) is 0 Å². The van der Waals surface area contributed by atoms with Crippen LogP contribution in [0.15, 0.2) is 34.6 Å². The third kappa shape index (κ3) is 4.86. The molecular formula is C22H30BrN2OS-. The third-order valence-electron chi connectivity index (χ3n) is 5.93. The van der Waals surface area contributed by atoms with E-state index in [1.165, 1.54) is 80.3 Å². The molecule has 0 atom stereocenters. The summed E-state index contributed by atoms with van der Waals surface area (Å²) in [5.41, 5.74) is 2.61. The molecule has 2 aliphatic rings. The highest BCUT2D eigenvalue weighted by molar-refractivity contribution is 7.07. The van der Waals surface area contributed by atoms with E-state index in [1.807, 2.05) is 11.3 Å². The summed E-state index contributed by atoms with van der Waals surface area (Å²) >= 11 is 1.83. The highest BCUT2D eigenvalue weighted by Gasteiger charge is 2.21. The highest BCUT2D eigenvalue weighted by atomic mass is 79.9. The summed E-state index contributed by atoms with van der Waals surface area (Å²) in [5, 5.41) is 2.32. The second-order valence-electron chi connectivity index (χ2n) is 7.71. The molecule has 2 aromatic rings. The van der Waals surface area contributed by atoms with Crippen LogP contribution in [0.5, 0.6) is 5.75 Å². The van der Waals surface area contributed by atoms with E-state index in [2.05, 4.69) is 34.2 Å². The first kappa shape index (κ1) is 20.7. The molecule has 1 aromatic heterocycles. The number of thiazole rings is 1. The van der Waals surface area contributed by atoms with Crippen LogP contribution in [-0.2, 0) is 0 Å². The minimum absolute atomic E-state index is 0. The summed E-state index contributed by atoms with van der Waals surface area (Å²) in [5.74, 6) is 0.917. The largest absolute Gasteiger partial charge is 1.00 e. The van der Waals surface area contributed by atoms with Crippen LogP contribution in [-0.4, -0.2) is 17.7 Å². The molecule has 2 aliphatic carbocycles. The molecule has 0 aliphatic heterocycles. The lowest BCUT2D eigenvalue weighted by Gasteiger charge is -2.26. The average molecular weight is 450 g/mol. The number of hydrogen-bond donors (Lipinski definition) is 0. The molecule has 148 valence electrons. The third-order valence-corrected chi connectivity index (χ3v) is 6.79. The SMILES string of the molecule is COc1ccc(-c2csc(=NC3CCCCC3)n2C2CCCCC2)cc1.[Br-]. The number of ether oxygens (including phenoxy) is 1. The molecule has 0 saturated heterocycles. The molecule has 27 heavy (non-hydrogen) atoms. The fourth-order valence-electron chi connectivity index (χ4n) is 4.45. The van der Waals surface area contributed by atoms with Crippen molar-refractivity contribution in [1.29, 1.82) is 0 Å². The van der Waals surface area contributed by atoms with Gasteiger partial charge in [-0.25, -0.2) is 0 Å². The Morgan fingerprint density at radius 1 is 0.926 bits per heavy atom. The van der Waals surface area contributed by atoms with Gasteiger partial charge in [0.05, 0.1) is 18.8 Å². The summed E-state index contributed by atoms with van der Waals surface area (Å²) in [6, 6.07) is 9.64. The first-order valence-corrected chi connectivity index (χ1v) is 11.1. The first-order chi connectivity index (χ1) is 12.8. The number of aromatic nitrogens is 1. The van der Waals surface area contributed by atoms with Gasteiger partial charge in [-0.1, -0.05) is 38.5 Å². The van der Waals surface area contributed by atoms with Crippen molar-refractivity contribution in [3.8, 4) is 17.0 Å². The Morgan fingerprint density at radius 2 is 1.56 bits per heavy atom. The van der Waals surface area contributed by atoms with E-state index in [-0.39, 0.29) is 17.0 Å². The number of halogens is 1. The Balaban J connectivity index is 0.00000210. The second-order valence-corrected chi connectivity index (χ2v) is 8.55. The minimum atomic E-state index is 0. The zero-order chi connectivity index (χ0) is 17.8. The lowest BCUT2D eigenvalue weighted by Crippen LogP contribution is -3.00. The molecule has 0 amide bonds. The normalized spacial score (nSPS) is 19.7. The monoisotopic (exact) mass is 449 g/mol. The predicted molar refractivity (Wildman–Crippen MR) is 109 cm³/mol. The zero-order valence-electron chi connectivity index (χ0n) is 16.2. The van der Waals surface area contributed by atoms with Gasteiger partial charge in [0.2, 0.25) is 0 Å². The maximum atomic E-state index is 5.33. The maximum absolute atomic E-state index is 5.33. The van der Waals surface area contributed by atoms with Gasteiger partial charge in [-0.2, -0.15) is 0 Å². The number of nitrogens with zero attached hydrogens (tertiary/aromatic N) is 2.